The third kappa shape index (κ3) is 2.07. The average Bonchev–Trinajstić information content (AvgIpc) is 2.53. The van der Waals surface area contributed by atoms with Crippen LogP contribution in [0.5, 0.6) is 0 Å². The molecule has 98 valence electrons. The number of rotatable bonds is 2. The zero-order chi connectivity index (χ0) is 13.6. The average molecular weight is 376 g/mol. The Morgan fingerprint density at radius 1 is 1.11 bits per heavy atom. The molecule has 0 bridgehead atoms. The largest absolute Gasteiger partial charge is 0.328 e. The van der Waals surface area contributed by atoms with Gasteiger partial charge in [0.15, 0.2) is 0 Å². The highest BCUT2D eigenvalue weighted by Gasteiger charge is 2.18. The molecule has 0 radical (unpaired) electrons. The van der Waals surface area contributed by atoms with Crippen LogP contribution < -0.4 is 5.69 Å². The monoisotopic (exact) mass is 374 g/mol. The van der Waals surface area contributed by atoms with Crippen molar-refractivity contribution in [3.05, 3.63) is 32.7 Å². The third-order valence-electron chi connectivity index (χ3n) is 3.27. The Labute approximate surface area is 123 Å². The van der Waals surface area contributed by atoms with Crippen LogP contribution in [-0.2, 0) is 14.1 Å². The summed E-state index contributed by atoms with van der Waals surface area (Å²) in [5.74, 6) is 0.486. The maximum absolute atomic E-state index is 11.9. The van der Waals surface area contributed by atoms with E-state index in [1.807, 2.05) is 6.07 Å². The van der Waals surface area contributed by atoms with Gasteiger partial charge in [-0.15, -0.1) is 0 Å². The first-order chi connectivity index (χ1) is 8.34. The molecule has 5 heteroatoms. The fourth-order valence-corrected chi connectivity index (χ4v) is 3.37. The van der Waals surface area contributed by atoms with E-state index in [2.05, 4.69) is 51.8 Å². The molecule has 3 nitrogen and oxygen atoms in total. The van der Waals surface area contributed by atoms with Crippen molar-refractivity contribution in [2.45, 2.75) is 18.7 Å². The second-order valence-electron chi connectivity index (χ2n) is 4.91. The van der Waals surface area contributed by atoms with Crippen LogP contribution in [-0.4, -0.2) is 9.13 Å². The Bertz CT molecular complexity index is 655. The number of imidazole rings is 1. The lowest BCUT2D eigenvalue weighted by atomic mass is 10.0. The minimum Gasteiger partial charge on any atom is -0.295 e. The van der Waals surface area contributed by atoms with E-state index in [0.717, 1.165) is 15.5 Å². The van der Waals surface area contributed by atoms with Gasteiger partial charge in [0.2, 0.25) is 0 Å². The molecule has 0 N–H and O–H groups in total. The van der Waals surface area contributed by atoms with Gasteiger partial charge in [0.1, 0.15) is 0 Å². The lowest BCUT2D eigenvalue weighted by Crippen LogP contribution is -2.19. The molecule has 0 saturated heterocycles. The summed E-state index contributed by atoms with van der Waals surface area (Å²) < 4.78 is 4.39. The molecule has 1 atom stereocenters. The first kappa shape index (κ1) is 13.9. The van der Waals surface area contributed by atoms with Crippen LogP contribution in [0, 0.1) is 5.92 Å². The summed E-state index contributed by atoms with van der Waals surface area (Å²) in [6.45, 7) is 4.33. The minimum absolute atomic E-state index is 0.00437. The number of fused-ring (bicyclic) bond motifs is 1. The van der Waals surface area contributed by atoms with Crippen LogP contribution in [0.4, 0.5) is 0 Å². The van der Waals surface area contributed by atoms with Crippen LogP contribution in [0.1, 0.15) is 24.2 Å². The van der Waals surface area contributed by atoms with Gasteiger partial charge in [-0.05, 0) is 23.6 Å². The van der Waals surface area contributed by atoms with Crippen molar-refractivity contribution in [3.63, 3.8) is 0 Å². The molecular formula is C13H16Br2N2O. The number of halogens is 2. The molecule has 0 aliphatic heterocycles. The molecular weight excluding hydrogens is 360 g/mol. The van der Waals surface area contributed by atoms with Crippen LogP contribution in [0.3, 0.4) is 0 Å². The molecule has 2 aromatic rings. The smallest absolute Gasteiger partial charge is 0.295 e. The second kappa shape index (κ2) is 4.85. The Hall–Kier alpha value is -0.550. The zero-order valence-electron chi connectivity index (χ0n) is 10.9. The Morgan fingerprint density at radius 2 is 1.61 bits per heavy atom. The highest BCUT2D eigenvalue weighted by atomic mass is 79.9. The van der Waals surface area contributed by atoms with E-state index in [0.29, 0.717) is 5.92 Å². The summed E-state index contributed by atoms with van der Waals surface area (Å²) in [4.78, 5) is 12.2. The van der Waals surface area contributed by atoms with Gasteiger partial charge in [0, 0.05) is 23.4 Å². The van der Waals surface area contributed by atoms with Crippen molar-refractivity contribution < 1.29 is 0 Å². The van der Waals surface area contributed by atoms with Crippen molar-refractivity contribution in [2.24, 2.45) is 20.0 Å². The molecule has 0 amide bonds. The first-order valence-electron chi connectivity index (χ1n) is 5.83. The van der Waals surface area contributed by atoms with E-state index in [4.69, 9.17) is 0 Å². The summed E-state index contributed by atoms with van der Waals surface area (Å²) in [5.41, 5.74) is 3.09. The molecule has 0 aliphatic rings. The summed E-state index contributed by atoms with van der Waals surface area (Å²) in [6.07, 6.45) is 0. The van der Waals surface area contributed by atoms with Crippen LogP contribution in [0.25, 0.3) is 11.0 Å². The molecule has 2 rings (SSSR count). The van der Waals surface area contributed by atoms with E-state index in [1.165, 1.54) is 5.56 Å². The SMILES string of the molecule is CC(C)C(Br)c1cc2c(cc1Br)n(C)c(=O)n2C. The molecule has 0 spiro atoms. The molecule has 1 aromatic heterocycles. The topological polar surface area (TPSA) is 26.9 Å². The molecule has 1 unspecified atom stereocenters. The number of hydrogen-bond acceptors (Lipinski definition) is 1. The minimum atomic E-state index is 0.00437. The summed E-state index contributed by atoms with van der Waals surface area (Å²) in [5, 5.41) is 0. The van der Waals surface area contributed by atoms with E-state index in [1.54, 1.807) is 23.2 Å². The van der Waals surface area contributed by atoms with Crippen LogP contribution in [0.2, 0.25) is 0 Å². The molecule has 1 aromatic carbocycles. The van der Waals surface area contributed by atoms with Gasteiger partial charge < -0.3 is 0 Å². The number of nitrogens with zero attached hydrogens (tertiary/aromatic N) is 2. The van der Waals surface area contributed by atoms with E-state index in [-0.39, 0.29) is 10.5 Å². The molecule has 1 heterocycles. The number of benzene rings is 1. The van der Waals surface area contributed by atoms with E-state index < -0.39 is 0 Å². The van der Waals surface area contributed by atoms with Crippen molar-refractivity contribution >= 4 is 42.9 Å². The third-order valence-corrected chi connectivity index (χ3v) is 5.51. The van der Waals surface area contributed by atoms with Crippen LogP contribution in [0.15, 0.2) is 21.4 Å². The van der Waals surface area contributed by atoms with E-state index >= 15 is 0 Å². The lowest BCUT2D eigenvalue weighted by molar-refractivity contribution is 0.640. The van der Waals surface area contributed by atoms with E-state index in [9.17, 15) is 4.79 Å². The van der Waals surface area contributed by atoms with Crippen molar-refractivity contribution in [1.29, 1.82) is 0 Å². The van der Waals surface area contributed by atoms with Gasteiger partial charge in [-0.3, -0.25) is 9.13 Å². The van der Waals surface area contributed by atoms with Gasteiger partial charge in [-0.25, -0.2) is 4.79 Å². The first-order valence-corrected chi connectivity index (χ1v) is 7.54. The number of aromatic nitrogens is 2. The molecule has 0 aliphatic carbocycles. The fourth-order valence-electron chi connectivity index (χ4n) is 2.11. The summed E-state index contributed by atoms with van der Waals surface area (Å²) in [6, 6.07) is 4.10. The van der Waals surface area contributed by atoms with Gasteiger partial charge in [0.05, 0.1) is 11.0 Å². The Kier molecular flexibility index (Phi) is 3.74. The zero-order valence-corrected chi connectivity index (χ0v) is 14.0. The number of hydrogen-bond donors (Lipinski definition) is 0. The maximum atomic E-state index is 11.9. The normalized spacial score (nSPS) is 13.5. The molecule has 18 heavy (non-hydrogen) atoms. The van der Waals surface area contributed by atoms with Crippen molar-refractivity contribution in [1.82, 2.24) is 9.13 Å². The van der Waals surface area contributed by atoms with Gasteiger partial charge in [0.25, 0.3) is 0 Å². The molecule has 0 fully saturated rings. The van der Waals surface area contributed by atoms with Crippen molar-refractivity contribution in [2.75, 3.05) is 0 Å². The summed E-state index contributed by atoms with van der Waals surface area (Å²) >= 11 is 7.31. The Morgan fingerprint density at radius 3 is 2.11 bits per heavy atom. The van der Waals surface area contributed by atoms with Crippen LogP contribution >= 0.6 is 31.9 Å². The predicted molar refractivity (Wildman–Crippen MR) is 82.4 cm³/mol. The maximum Gasteiger partial charge on any atom is 0.328 e. The molecule has 0 saturated carbocycles. The lowest BCUT2D eigenvalue weighted by Gasteiger charge is -2.16. The second-order valence-corrected chi connectivity index (χ2v) is 6.75. The van der Waals surface area contributed by atoms with Gasteiger partial charge >= 0.3 is 5.69 Å². The Balaban J connectivity index is 2.77. The predicted octanol–water partition coefficient (Wildman–Crippen LogP) is 3.73. The quantitative estimate of drug-likeness (QED) is 0.734. The summed E-state index contributed by atoms with van der Waals surface area (Å²) in [7, 11) is 3.60. The van der Waals surface area contributed by atoms with Gasteiger partial charge in [-0.2, -0.15) is 0 Å². The van der Waals surface area contributed by atoms with Gasteiger partial charge in [-0.1, -0.05) is 45.7 Å². The standard InChI is InChI=1S/C13H16Br2N2O/c1-7(2)12(15)8-5-10-11(6-9(8)14)17(4)13(18)16(10)3/h5-7,12H,1-4H3. The number of aryl methyl sites for hydroxylation is 2. The highest BCUT2D eigenvalue weighted by molar-refractivity contribution is 9.11. The highest BCUT2D eigenvalue weighted by Crippen LogP contribution is 2.37. The number of alkyl halides is 1. The fraction of sp³-hybridized carbons (Fsp3) is 0.462. The van der Waals surface area contributed by atoms with Crippen molar-refractivity contribution in [3.8, 4) is 0 Å².